The van der Waals surface area contributed by atoms with Gasteiger partial charge in [-0.15, -0.1) is 0 Å². The van der Waals surface area contributed by atoms with Gasteiger partial charge in [0.15, 0.2) is 0 Å². The Hall–Kier alpha value is -8.87. The Morgan fingerprint density at radius 2 is 0.457 bits per heavy atom. The highest BCUT2D eigenvalue weighted by Crippen LogP contribution is 2.91. The largest absolute Gasteiger partial charge is 0.493 e. The molecule has 0 aromatic heterocycles. The van der Waals surface area contributed by atoms with Crippen molar-refractivity contribution >= 4 is 284 Å². The van der Waals surface area contributed by atoms with Crippen LogP contribution in [0.25, 0.3) is 259 Å². The third-order valence-electron chi connectivity index (χ3n) is 32.2. The minimum Gasteiger partial charge on any atom is -0.407 e. The predicted molar refractivity (Wildman–Crippen MR) is 377 cm³/mol. The molecule has 4 nitrogen and oxygen atoms in total. The summed E-state index contributed by atoms with van der Waals surface area (Å²) in [5, 5.41) is 76.8. The van der Waals surface area contributed by atoms with Gasteiger partial charge in [-0.2, -0.15) is 0 Å². The Balaban J connectivity index is 0.884. The third-order valence-corrected chi connectivity index (χ3v) is 32.2. The second-order valence-electron chi connectivity index (χ2n) is 35.6. The fourth-order valence-electron chi connectivity index (χ4n) is 31.1. The van der Waals surface area contributed by atoms with Crippen molar-refractivity contribution in [3.8, 4) is 0 Å². The van der Waals surface area contributed by atoms with E-state index in [2.05, 4.69) is 64.1 Å². The fourth-order valence-corrected chi connectivity index (χ4v) is 31.1. The zero-order valence-electron chi connectivity index (χ0n) is 49.9. The summed E-state index contributed by atoms with van der Waals surface area (Å²) < 4.78 is 27.2. The first-order valence-corrected chi connectivity index (χ1v) is 34.9. The molecule has 2 saturated heterocycles. The Morgan fingerprint density at radius 1 is 0.239 bits per heavy atom. The average Bonchev–Trinajstić information content (AvgIpc) is 1.37. The van der Waals surface area contributed by atoms with Gasteiger partial charge in [0.2, 0.25) is 0 Å². The predicted octanol–water partition coefficient (Wildman–Crippen LogP) is 17.9. The molecule has 2 heterocycles. The Bertz CT molecular complexity index is 8490. The van der Waals surface area contributed by atoms with Crippen LogP contribution in [0.15, 0.2) is 36.4 Å². The molecule has 0 N–H and O–H groups in total. The van der Waals surface area contributed by atoms with Crippen molar-refractivity contribution < 1.29 is 18.6 Å². The third kappa shape index (κ3) is 2.51. The van der Waals surface area contributed by atoms with E-state index in [4.69, 9.17) is 18.6 Å². The SMILES string of the molecule is CC1(C)COB(c2ccc3c(c2)CC24C5=C6c7c8c9c%10c(c%11c%12c2c2c5c5c%13c%14c%15c%16c%17c(c7c7c9c9c%18c%10c%10c%11c%11c%12c%12c2c%13c2c%13c%14c%14c%16c%16c%17c7c9c7c%16c9c%14c%13c%13c(c%122)c%11c2c%10c%18c7c9c2%13)C62Cc6ccc(B7OCC(C)(C)CO7)cc6CC5%152)C84C3)OC1. The zero-order valence-corrected chi connectivity index (χ0v) is 49.9. The van der Waals surface area contributed by atoms with Gasteiger partial charge in [0.05, 0.1) is 0 Å². The topological polar surface area (TPSA) is 36.9 Å². The molecule has 2 aliphatic heterocycles. The van der Waals surface area contributed by atoms with Crippen LogP contribution in [0.1, 0.15) is 94.5 Å². The molecule has 4 spiro atoms. The van der Waals surface area contributed by atoms with Crippen molar-refractivity contribution in [1.29, 1.82) is 0 Å². The first kappa shape index (κ1) is 39.5. The van der Waals surface area contributed by atoms with Crippen LogP contribution in [0.3, 0.4) is 0 Å². The van der Waals surface area contributed by atoms with Crippen molar-refractivity contribution in [2.45, 2.75) is 75.0 Å². The lowest BCUT2D eigenvalue weighted by Gasteiger charge is -2.63. The fraction of sp³-hybridized carbons (Fsp3) is 0.209. The molecule has 38 rings (SSSR count). The maximum atomic E-state index is 6.82. The van der Waals surface area contributed by atoms with Crippen LogP contribution in [0, 0.1) is 10.8 Å². The lowest BCUT2D eigenvalue weighted by molar-refractivity contribution is 0.0342. The molecule has 0 bridgehead atoms. The quantitative estimate of drug-likeness (QED) is 0.128. The number of fused-ring (bicyclic) bond motifs is 2. The van der Waals surface area contributed by atoms with E-state index < -0.39 is 0 Å². The Morgan fingerprint density at radius 3 is 0.750 bits per heavy atom. The van der Waals surface area contributed by atoms with Gasteiger partial charge < -0.3 is 18.6 Å². The summed E-state index contributed by atoms with van der Waals surface area (Å²) in [5.41, 5.74) is 24.9. The number of rotatable bonds is 2. The highest BCUT2D eigenvalue weighted by atomic mass is 16.6. The molecule has 0 radical (unpaired) electrons. The van der Waals surface area contributed by atoms with Crippen LogP contribution in [0.4, 0.5) is 0 Å². The molecular weight excluding hydrogens is 1120 g/mol. The van der Waals surface area contributed by atoms with Gasteiger partial charge >= 0.3 is 14.2 Å². The van der Waals surface area contributed by atoms with Crippen molar-refractivity contribution in [3.05, 3.63) is 103 Å². The van der Waals surface area contributed by atoms with Crippen molar-refractivity contribution in [3.63, 3.8) is 0 Å². The standard InChI is InChI=1S/C86H34B2O4/c1-81(2)15-89-87(90-16-81)23-8-6-20-12-85-75-63-55-48-36-30-25-26-28-31-35-29(26)37-33-27(25)32(36)39-43-41(33)51-45(37)53-47(35)56-50-40(31)44-42-34(28)38(30)46-52(42)66-68-58(44)60(50)70-72(78(68)84(85,13-21(20)9-23)74(66)62(63)54(46)48)80-79(85)71-69(75)59(49(39)55)57(43)67-65(51)73-61(53)64(56)76(70)86(80)14-22-10-24(88-91-17-82(3,4)18-92-88)7-5-19(22)11-83(73,86)77(67)71/h5-10H,11-18H2,1-4H3. The molecule has 408 valence electrons. The minimum atomic E-state index is -0.368. The van der Waals surface area contributed by atoms with Gasteiger partial charge in [0, 0.05) is 58.9 Å². The first-order chi connectivity index (χ1) is 45.2. The molecule has 4 unspecified atom stereocenters. The molecule has 0 amide bonds. The van der Waals surface area contributed by atoms with E-state index >= 15 is 0 Å². The lowest BCUT2D eigenvalue weighted by Crippen LogP contribution is -2.62. The van der Waals surface area contributed by atoms with E-state index in [-0.39, 0.29) is 46.7 Å². The van der Waals surface area contributed by atoms with E-state index in [0.29, 0.717) is 26.4 Å². The number of allylic oxidation sites excluding steroid dienone is 2. The van der Waals surface area contributed by atoms with Crippen molar-refractivity contribution in [2.75, 3.05) is 26.4 Å². The van der Waals surface area contributed by atoms with Crippen molar-refractivity contribution in [2.24, 2.45) is 10.8 Å². The molecule has 4 atom stereocenters. The molecule has 0 saturated carbocycles. The number of benzene rings is 18. The monoisotopic (exact) mass is 1150 g/mol. The summed E-state index contributed by atoms with van der Waals surface area (Å²) in [6.07, 6.45) is 3.99. The van der Waals surface area contributed by atoms with Gasteiger partial charge in [-0.25, -0.2) is 0 Å². The second-order valence-corrected chi connectivity index (χ2v) is 35.6. The molecule has 6 heteroatoms. The molecule has 26 aromatic rings. The van der Waals surface area contributed by atoms with Crippen molar-refractivity contribution in [1.82, 2.24) is 0 Å². The average molecular weight is 1150 g/mol. The normalized spacial score (nSPS) is 27.5. The highest BCUT2D eigenvalue weighted by molar-refractivity contribution is 6.79. The molecule has 10 aliphatic carbocycles. The van der Waals surface area contributed by atoms with Crippen LogP contribution in [0.5, 0.6) is 0 Å². The van der Waals surface area contributed by atoms with E-state index in [1.807, 2.05) is 0 Å². The highest BCUT2D eigenvalue weighted by Gasteiger charge is 2.80. The van der Waals surface area contributed by atoms with E-state index in [1.54, 1.807) is 315 Å². The van der Waals surface area contributed by atoms with Gasteiger partial charge in [0.25, 0.3) is 0 Å². The van der Waals surface area contributed by atoms with Gasteiger partial charge in [-0.1, -0.05) is 64.1 Å². The van der Waals surface area contributed by atoms with Crippen LogP contribution in [0.2, 0.25) is 0 Å². The van der Waals surface area contributed by atoms with Gasteiger partial charge in [-0.3, -0.25) is 0 Å². The maximum absolute atomic E-state index is 6.82. The number of hydrogen-bond acceptors (Lipinski definition) is 4. The van der Waals surface area contributed by atoms with E-state index in [9.17, 15) is 0 Å². The Labute approximate surface area is 515 Å². The summed E-state index contributed by atoms with van der Waals surface area (Å²) in [6, 6.07) is 15.4. The first-order valence-electron chi connectivity index (χ1n) is 34.9. The van der Waals surface area contributed by atoms with Crippen LogP contribution >= 0.6 is 0 Å². The summed E-state index contributed by atoms with van der Waals surface area (Å²) in [6.45, 7) is 11.9. The zero-order chi connectivity index (χ0) is 56.7. The smallest absolute Gasteiger partial charge is 0.407 e. The Kier molecular flexibility index (Phi) is 4.13. The van der Waals surface area contributed by atoms with Crippen LogP contribution in [-0.2, 0) is 66.0 Å². The van der Waals surface area contributed by atoms with Crippen LogP contribution in [-0.4, -0.2) is 40.7 Å². The molecule has 12 aliphatic rings. The molecular formula is C86H34B2O4. The summed E-state index contributed by atoms with van der Waals surface area (Å²) in [4.78, 5) is 0. The number of hydrogen-bond donors (Lipinski definition) is 0. The summed E-state index contributed by atoms with van der Waals surface area (Å²) >= 11 is 0. The van der Waals surface area contributed by atoms with Crippen LogP contribution < -0.4 is 10.9 Å². The molecule has 26 aromatic carbocycles. The lowest BCUT2D eigenvalue weighted by atomic mass is 9.37. The van der Waals surface area contributed by atoms with E-state index in [1.165, 1.54) is 22.1 Å². The maximum Gasteiger partial charge on any atom is 0.493 e. The van der Waals surface area contributed by atoms with Gasteiger partial charge in [-0.05, 0) is 362 Å². The molecule has 92 heavy (non-hydrogen) atoms. The van der Waals surface area contributed by atoms with E-state index in [0.717, 1.165) is 25.7 Å². The summed E-state index contributed by atoms with van der Waals surface area (Å²) in [7, 11) is -0.735. The minimum absolute atomic E-state index is 0.0137. The van der Waals surface area contributed by atoms with Gasteiger partial charge in [0.1, 0.15) is 0 Å². The second kappa shape index (κ2) is 9.61. The molecule has 2 fully saturated rings. The summed E-state index contributed by atoms with van der Waals surface area (Å²) in [5.74, 6) is 0.